The highest BCUT2D eigenvalue weighted by Crippen LogP contribution is 2.36. The maximum atomic E-state index is 3.75. The van der Waals surface area contributed by atoms with Crippen molar-refractivity contribution in [2.75, 3.05) is 26.2 Å². The molecule has 4 rings (SSSR count). The Balaban J connectivity index is 1.38. The van der Waals surface area contributed by atoms with Crippen LogP contribution in [-0.4, -0.2) is 52.5 Å². The zero-order valence-electron chi connectivity index (χ0n) is 18.6. The Morgan fingerprint density at radius 3 is 2.39 bits per heavy atom. The maximum absolute atomic E-state index is 3.75. The van der Waals surface area contributed by atoms with Crippen LogP contribution in [0.1, 0.15) is 71.1 Å². The second-order valence-electron chi connectivity index (χ2n) is 10.1. The van der Waals surface area contributed by atoms with Gasteiger partial charge in [0.2, 0.25) is 0 Å². The number of hydrogen-bond acceptors (Lipinski definition) is 2. The summed E-state index contributed by atoms with van der Waals surface area (Å²) in [5.41, 5.74) is 4.55. The van der Waals surface area contributed by atoms with Gasteiger partial charge in [-0.05, 0) is 95.1 Å². The largest absolute Gasteiger partial charge is 0.358 e. The standard InChI is InChI=1S/C25H39N3/c1-18(2)23-9-6-8-20-17-22(26-24(20)23)16-19(3)27-14-10-21(11-15-27)25(4,5)28-12-7-13-28/h6,8-9,17-19,21,26H,7,10-16H2,1-5H3. The number of hydrogen-bond donors (Lipinski definition) is 1. The average molecular weight is 382 g/mol. The van der Waals surface area contributed by atoms with E-state index in [0.29, 0.717) is 17.5 Å². The van der Waals surface area contributed by atoms with E-state index in [1.807, 2.05) is 0 Å². The normalized spacial score (nSPS) is 21.4. The van der Waals surface area contributed by atoms with Crippen molar-refractivity contribution in [1.82, 2.24) is 14.8 Å². The molecular weight excluding hydrogens is 342 g/mol. The summed E-state index contributed by atoms with van der Waals surface area (Å²) in [6, 6.07) is 9.68. The van der Waals surface area contributed by atoms with Crippen LogP contribution in [0.15, 0.2) is 24.3 Å². The predicted octanol–water partition coefficient (Wildman–Crippen LogP) is 5.42. The molecule has 2 fully saturated rings. The second kappa shape index (κ2) is 7.84. The minimum Gasteiger partial charge on any atom is -0.358 e. The molecule has 2 saturated heterocycles. The van der Waals surface area contributed by atoms with Gasteiger partial charge in [0.15, 0.2) is 0 Å². The predicted molar refractivity (Wildman–Crippen MR) is 120 cm³/mol. The molecule has 0 bridgehead atoms. The van der Waals surface area contributed by atoms with Crippen molar-refractivity contribution in [3.63, 3.8) is 0 Å². The minimum absolute atomic E-state index is 0.387. The molecule has 1 aromatic carbocycles. The van der Waals surface area contributed by atoms with Gasteiger partial charge < -0.3 is 9.88 Å². The van der Waals surface area contributed by atoms with Gasteiger partial charge >= 0.3 is 0 Å². The van der Waals surface area contributed by atoms with Crippen molar-refractivity contribution < 1.29 is 0 Å². The maximum Gasteiger partial charge on any atom is 0.0491 e. The molecule has 0 amide bonds. The molecule has 1 aromatic heterocycles. The van der Waals surface area contributed by atoms with Crippen molar-refractivity contribution in [3.8, 4) is 0 Å². The lowest BCUT2D eigenvalue weighted by Crippen LogP contribution is -2.58. The fraction of sp³-hybridized carbons (Fsp3) is 0.680. The van der Waals surface area contributed by atoms with Crippen LogP contribution in [0.2, 0.25) is 0 Å². The van der Waals surface area contributed by atoms with E-state index in [4.69, 9.17) is 0 Å². The van der Waals surface area contributed by atoms with Crippen LogP contribution in [0.25, 0.3) is 10.9 Å². The van der Waals surface area contributed by atoms with Gasteiger partial charge in [0.05, 0.1) is 0 Å². The van der Waals surface area contributed by atoms with Crippen LogP contribution in [0.3, 0.4) is 0 Å². The van der Waals surface area contributed by atoms with Crippen LogP contribution in [0, 0.1) is 5.92 Å². The van der Waals surface area contributed by atoms with E-state index in [0.717, 1.165) is 12.3 Å². The lowest BCUT2D eigenvalue weighted by molar-refractivity contribution is -0.0163. The Hall–Kier alpha value is -1.32. The zero-order valence-corrected chi connectivity index (χ0v) is 18.6. The molecule has 1 N–H and O–H groups in total. The first kappa shape index (κ1) is 20.0. The van der Waals surface area contributed by atoms with Crippen LogP contribution in [0.4, 0.5) is 0 Å². The molecule has 2 aromatic rings. The molecule has 2 aliphatic heterocycles. The van der Waals surface area contributed by atoms with Gasteiger partial charge in [-0.1, -0.05) is 32.0 Å². The number of benzene rings is 1. The summed E-state index contributed by atoms with van der Waals surface area (Å²) in [6.07, 6.45) is 5.20. The first-order chi connectivity index (χ1) is 13.4. The van der Waals surface area contributed by atoms with Crippen LogP contribution in [0.5, 0.6) is 0 Å². The molecule has 2 aliphatic rings. The lowest BCUT2D eigenvalue weighted by atomic mass is 9.77. The molecule has 0 saturated carbocycles. The van der Waals surface area contributed by atoms with Crippen molar-refractivity contribution in [2.24, 2.45) is 5.92 Å². The van der Waals surface area contributed by atoms with Crippen LogP contribution in [-0.2, 0) is 6.42 Å². The highest BCUT2D eigenvalue weighted by atomic mass is 15.2. The first-order valence-electron chi connectivity index (χ1n) is 11.5. The van der Waals surface area contributed by atoms with E-state index in [1.165, 1.54) is 67.6 Å². The summed E-state index contributed by atoms with van der Waals surface area (Å²) >= 11 is 0. The number of fused-ring (bicyclic) bond motifs is 1. The highest BCUT2D eigenvalue weighted by Gasteiger charge is 2.39. The van der Waals surface area contributed by atoms with E-state index in [-0.39, 0.29) is 0 Å². The number of H-pyrrole nitrogens is 1. The van der Waals surface area contributed by atoms with Gasteiger partial charge in [0, 0.05) is 29.2 Å². The van der Waals surface area contributed by atoms with Gasteiger partial charge in [-0.2, -0.15) is 0 Å². The van der Waals surface area contributed by atoms with E-state index in [9.17, 15) is 0 Å². The monoisotopic (exact) mass is 381 g/mol. The Morgan fingerprint density at radius 1 is 1.07 bits per heavy atom. The van der Waals surface area contributed by atoms with Gasteiger partial charge in [0.1, 0.15) is 0 Å². The highest BCUT2D eigenvalue weighted by molar-refractivity contribution is 5.84. The molecule has 3 nitrogen and oxygen atoms in total. The van der Waals surface area contributed by atoms with Gasteiger partial charge in [-0.25, -0.2) is 0 Å². The molecule has 28 heavy (non-hydrogen) atoms. The number of aromatic nitrogens is 1. The number of nitrogens with one attached hydrogen (secondary N) is 1. The van der Waals surface area contributed by atoms with Crippen molar-refractivity contribution in [2.45, 2.75) is 77.8 Å². The number of nitrogens with zero attached hydrogens (tertiary/aromatic N) is 2. The lowest BCUT2D eigenvalue weighted by Gasteiger charge is -2.51. The Labute approximate surface area is 171 Å². The summed E-state index contributed by atoms with van der Waals surface area (Å²) in [5.74, 6) is 1.40. The third-order valence-corrected chi connectivity index (χ3v) is 7.70. The molecule has 1 unspecified atom stereocenters. The van der Waals surface area contributed by atoms with Crippen molar-refractivity contribution >= 4 is 10.9 Å². The van der Waals surface area contributed by atoms with Crippen molar-refractivity contribution in [3.05, 3.63) is 35.5 Å². The fourth-order valence-electron chi connectivity index (χ4n) is 5.47. The first-order valence-corrected chi connectivity index (χ1v) is 11.5. The fourth-order valence-corrected chi connectivity index (χ4v) is 5.47. The van der Waals surface area contributed by atoms with Crippen LogP contribution < -0.4 is 0 Å². The summed E-state index contributed by atoms with van der Waals surface area (Å²) < 4.78 is 0. The Morgan fingerprint density at radius 2 is 1.79 bits per heavy atom. The topological polar surface area (TPSA) is 22.3 Å². The summed E-state index contributed by atoms with van der Waals surface area (Å²) in [6.45, 7) is 17.1. The number of piperidine rings is 1. The number of para-hydroxylation sites is 1. The number of rotatable bonds is 6. The molecule has 0 aliphatic carbocycles. The Kier molecular flexibility index (Phi) is 5.59. The average Bonchev–Trinajstić information content (AvgIpc) is 3.02. The number of aromatic amines is 1. The SMILES string of the molecule is CC(C)c1cccc2cc(CC(C)N3CCC(C(C)(C)N4CCC4)CC3)[nH]c12. The molecular formula is C25H39N3. The third kappa shape index (κ3) is 3.76. The summed E-state index contributed by atoms with van der Waals surface area (Å²) in [7, 11) is 0. The van der Waals surface area contributed by atoms with Crippen LogP contribution >= 0.6 is 0 Å². The summed E-state index contributed by atoms with van der Waals surface area (Å²) in [5, 5.41) is 1.36. The van der Waals surface area contributed by atoms with Crippen molar-refractivity contribution in [1.29, 1.82) is 0 Å². The van der Waals surface area contributed by atoms with E-state index >= 15 is 0 Å². The molecule has 0 radical (unpaired) electrons. The smallest absolute Gasteiger partial charge is 0.0491 e. The zero-order chi connectivity index (χ0) is 19.9. The summed E-state index contributed by atoms with van der Waals surface area (Å²) in [4.78, 5) is 9.17. The molecule has 154 valence electrons. The van der Waals surface area contributed by atoms with E-state index in [2.05, 4.69) is 73.7 Å². The second-order valence-corrected chi connectivity index (χ2v) is 10.1. The molecule has 3 heteroatoms. The van der Waals surface area contributed by atoms with Gasteiger partial charge in [-0.15, -0.1) is 0 Å². The Bertz CT molecular complexity index is 791. The minimum atomic E-state index is 0.387. The van der Waals surface area contributed by atoms with E-state index < -0.39 is 0 Å². The molecule has 1 atom stereocenters. The quantitative estimate of drug-likeness (QED) is 0.722. The van der Waals surface area contributed by atoms with Gasteiger partial charge in [0.25, 0.3) is 0 Å². The molecule has 3 heterocycles. The molecule has 0 spiro atoms. The van der Waals surface area contributed by atoms with E-state index in [1.54, 1.807) is 0 Å². The third-order valence-electron chi connectivity index (χ3n) is 7.70. The van der Waals surface area contributed by atoms with Gasteiger partial charge in [-0.3, -0.25) is 4.90 Å². The number of likely N-dealkylation sites (tertiary alicyclic amines) is 2.